The third-order valence-corrected chi connectivity index (χ3v) is 4.37. The van der Waals surface area contributed by atoms with Gasteiger partial charge >= 0.3 is 0 Å². The van der Waals surface area contributed by atoms with Crippen molar-refractivity contribution in [2.24, 2.45) is 0 Å². The first kappa shape index (κ1) is 22.3. The van der Waals surface area contributed by atoms with E-state index in [0.29, 0.717) is 21.2 Å². The van der Waals surface area contributed by atoms with Gasteiger partial charge in [0.1, 0.15) is 0 Å². The molecular weight excluding hydrogens is 332 g/mol. The summed E-state index contributed by atoms with van der Waals surface area (Å²) in [4.78, 5) is 25.1. The standard InChI is InChI=1S/C21H18O2.2C2H6/c1-5-7-9-15-12(3)16-10-19-17(11-18(16)21(15)23)14(8-6-2)13(4)20(19)22;2*1-2/h5-11H,3H2,1-2,4H3;2*1-2H3/b7-5-,8-6-,15-9+;;. The Kier molecular flexibility index (Phi) is 8.11. The van der Waals surface area contributed by atoms with Gasteiger partial charge in [-0.25, -0.2) is 0 Å². The van der Waals surface area contributed by atoms with E-state index in [9.17, 15) is 9.59 Å². The number of allylic oxidation sites excluding steroid dienone is 3. The molecule has 0 unspecified atom stereocenters. The maximum absolute atomic E-state index is 12.7. The first-order chi connectivity index (χ1) is 13.0. The largest absolute Gasteiger partial charge is 0.289 e. The fourth-order valence-electron chi connectivity index (χ4n) is 3.15. The Morgan fingerprint density at radius 3 is 1.93 bits per heavy atom. The van der Waals surface area contributed by atoms with Crippen LogP contribution in [0.4, 0.5) is 0 Å². The summed E-state index contributed by atoms with van der Waals surface area (Å²) in [6.07, 6.45) is 9.32. The lowest BCUT2D eigenvalue weighted by molar-refractivity contribution is 1.47. The van der Waals surface area contributed by atoms with Crippen molar-refractivity contribution >= 4 is 40.3 Å². The van der Waals surface area contributed by atoms with Crippen molar-refractivity contribution in [3.63, 3.8) is 0 Å². The molecule has 27 heavy (non-hydrogen) atoms. The van der Waals surface area contributed by atoms with Gasteiger partial charge < -0.3 is 0 Å². The van der Waals surface area contributed by atoms with Gasteiger partial charge in [-0.05, 0) is 54.5 Å². The highest BCUT2D eigenvalue weighted by Gasteiger charge is 2.15. The van der Waals surface area contributed by atoms with E-state index in [1.165, 1.54) is 0 Å². The highest BCUT2D eigenvalue weighted by molar-refractivity contribution is 6.04. The molecule has 0 bridgehead atoms. The van der Waals surface area contributed by atoms with Gasteiger partial charge in [-0.2, -0.15) is 0 Å². The van der Waals surface area contributed by atoms with Crippen molar-refractivity contribution in [1.82, 2.24) is 0 Å². The van der Waals surface area contributed by atoms with Crippen LogP contribution in [0.25, 0.3) is 40.3 Å². The lowest BCUT2D eigenvalue weighted by Gasteiger charge is -1.95. The van der Waals surface area contributed by atoms with Crippen molar-refractivity contribution in [3.8, 4) is 0 Å². The molecule has 0 atom stereocenters. The van der Waals surface area contributed by atoms with Crippen molar-refractivity contribution < 1.29 is 0 Å². The average molecular weight is 363 g/mol. The Morgan fingerprint density at radius 1 is 0.815 bits per heavy atom. The molecule has 0 aliphatic rings. The minimum Gasteiger partial charge on any atom is -0.289 e. The molecule has 0 aliphatic heterocycles. The summed E-state index contributed by atoms with van der Waals surface area (Å²) in [6, 6.07) is 3.67. The summed E-state index contributed by atoms with van der Waals surface area (Å²) in [5.41, 5.74) is 1.63. The van der Waals surface area contributed by atoms with Crippen LogP contribution in [0.2, 0.25) is 0 Å². The molecule has 0 aliphatic carbocycles. The predicted molar refractivity (Wildman–Crippen MR) is 123 cm³/mol. The van der Waals surface area contributed by atoms with E-state index in [2.05, 4.69) is 6.58 Å². The van der Waals surface area contributed by atoms with Gasteiger partial charge in [-0.1, -0.05) is 64.7 Å². The second kappa shape index (κ2) is 9.82. The summed E-state index contributed by atoms with van der Waals surface area (Å²) < 4.78 is 0. The Labute approximate surface area is 161 Å². The molecule has 142 valence electrons. The first-order valence-electron chi connectivity index (χ1n) is 9.65. The second-order valence-corrected chi connectivity index (χ2v) is 5.72. The van der Waals surface area contributed by atoms with E-state index < -0.39 is 0 Å². The zero-order valence-corrected chi connectivity index (χ0v) is 17.6. The van der Waals surface area contributed by atoms with Crippen LogP contribution in [0.5, 0.6) is 0 Å². The molecule has 3 rings (SSSR count). The molecule has 0 amide bonds. The minimum atomic E-state index is -0.0252. The predicted octanol–water partition coefficient (Wildman–Crippen LogP) is 4.75. The minimum absolute atomic E-state index is 0.0252. The Hall–Kier alpha value is -2.74. The molecule has 3 aromatic rings. The van der Waals surface area contributed by atoms with E-state index in [1.807, 2.05) is 84.9 Å². The maximum atomic E-state index is 12.7. The van der Waals surface area contributed by atoms with E-state index in [-0.39, 0.29) is 10.9 Å². The Morgan fingerprint density at radius 2 is 1.37 bits per heavy atom. The van der Waals surface area contributed by atoms with Gasteiger partial charge in [0.2, 0.25) is 0 Å². The molecule has 0 heterocycles. The fraction of sp³-hybridized carbons (Fsp3) is 0.280. The molecule has 2 heteroatoms. The number of rotatable bonds is 2. The highest BCUT2D eigenvalue weighted by Crippen LogP contribution is 2.25. The van der Waals surface area contributed by atoms with Gasteiger partial charge in [0.15, 0.2) is 10.9 Å². The zero-order valence-electron chi connectivity index (χ0n) is 17.6. The third-order valence-electron chi connectivity index (χ3n) is 4.37. The van der Waals surface area contributed by atoms with Gasteiger partial charge in [0, 0.05) is 21.6 Å². The SMILES string of the molecule is C=c1/c(=C\C=C/C)c(=O)c2cc3c(/C=C\C)c(C)c(=O)c3cc12.CC.CC. The van der Waals surface area contributed by atoms with E-state index in [0.717, 1.165) is 21.9 Å². The monoisotopic (exact) mass is 362 g/mol. The van der Waals surface area contributed by atoms with Crippen molar-refractivity contribution in [2.75, 3.05) is 0 Å². The normalized spacial score (nSPS) is 11.9. The van der Waals surface area contributed by atoms with Crippen LogP contribution in [0.1, 0.15) is 52.7 Å². The van der Waals surface area contributed by atoms with Crippen molar-refractivity contribution in [2.45, 2.75) is 48.5 Å². The average Bonchev–Trinajstić information content (AvgIpc) is 3.08. The number of fused-ring (bicyclic) bond motifs is 2. The van der Waals surface area contributed by atoms with Gasteiger partial charge in [-0.3, -0.25) is 9.59 Å². The zero-order chi connectivity index (χ0) is 20.7. The third kappa shape index (κ3) is 3.85. The molecule has 0 radical (unpaired) electrons. The van der Waals surface area contributed by atoms with Crippen LogP contribution in [-0.2, 0) is 0 Å². The molecular formula is C25H30O2. The molecule has 0 fully saturated rings. The maximum Gasteiger partial charge on any atom is 0.194 e. The van der Waals surface area contributed by atoms with Crippen LogP contribution >= 0.6 is 0 Å². The summed E-state index contributed by atoms with van der Waals surface area (Å²) in [5.74, 6) is 0. The quantitative estimate of drug-likeness (QED) is 0.659. The fourth-order valence-corrected chi connectivity index (χ4v) is 3.15. The molecule has 2 nitrogen and oxygen atoms in total. The molecule has 0 N–H and O–H groups in total. The van der Waals surface area contributed by atoms with Gasteiger partial charge in [0.25, 0.3) is 0 Å². The van der Waals surface area contributed by atoms with Crippen LogP contribution in [0.3, 0.4) is 0 Å². The van der Waals surface area contributed by atoms with Crippen LogP contribution in [0.15, 0.2) is 39.9 Å². The highest BCUT2D eigenvalue weighted by atomic mass is 16.1. The Balaban J connectivity index is 0.000000855. The molecule has 0 aromatic heterocycles. The summed E-state index contributed by atoms with van der Waals surface area (Å²) in [5, 5.41) is 4.20. The van der Waals surface area contributed by atoms with E-state index in [1.54, 1.807) is 6.08 Å². The van der Waals surface area contributed by atoms with Crippen LogP contribution in [0, 0.1) is 6.92 Å². The topological polar surface area (TPSA) is 34.1 Å². The van der Waals surface area contributed by atoms with E-state index >= 15 is 0 Å². The first-order valence-corrected chi connectivity index (χ1v) is 9.65. The lowest BCUT2D eigenvalue weighted by atomic mass is 10.1. The van der Waals surface area contributed by atoms with Gasteiger partial charge in [0.05, 0.1) is 0 Å². The van der Waals surface area contributed by atoms with Crippen molar-refractivity contribution in [3.05, 3.63) is 72.4 Å². The number of hydrogen-bond donors (Lipinski definition) is 0. The van der Waals surface area contributed by atoms with Gasteiger partial charge in [-0.15, -0.1) is 0 Å². The molecule has 3 aromatic carbocycles. The Bertz CT molecular complexity index is 1180. The second-order valence-electron chi connectivity index (χ2n) is 5.72. The number of benzene rings is 1. The summed E-state index contributed by atoms with van der Waals surface area (Å²) >= 11 is 0. The molecule has 0 saturated heterocycles. The van der Waals surface area contributed by atoms with E-state index in [4.69, 9.17) is 0 Å². The van der Waals surface area contributed by atoms with Crippen LogP contribution in [-0.4, -0.2) is 0 Å². The smallest absolute Gasteiger partial charge is 0.194 e. The van der Waals surface area contributed by atoms with Crippen LogP contribution < -0.4 is 21.3 Å². The molecule has 0 saturated carbocycles. The summed E-state index contributed by atoms with van der Waals surface area (Å²) in [7, 11) is 0. The molecule has 0 spiro atoms. The number of hydrogen-bond acceptors (Lipinski definition) is 2. The summed E-state index contributed by atoms with van der Waals surface area (Å²) in [6.45, 7) is 17.7. The lowest BCUT2D eigenvalue weighted by Crippen LogP contribution is -2.30. The van der Waals surface area contributed by atoms with Crippen molar-refractivity contribution in [1.29, 1.82) is 0 Å².